The Morgan fingerprint density at radius 1 is 1.53 bits per heavy atom. The van der Waals surface area contributed by atoms with Crippen LogP contribution in [0, 0.1) is 5.92 Å². The van der Waals surface area contributed by atoms with E-state index in [1.54, 1.807) is 6.92 Å². The summed E-state index contributed by atoms with van der Waals surface area (Å²) < 4.78 is 0. The van der Waals surface area contributed by atoms with Crippen LogP contribution in [0.3, 0.4) is 0 Å². The molecule has 1 amide bonds. The molecule has 1 aliphatic carbocycles. The van der Waals surface area contributed by atoms with Crippen molar-refractivity contribution in [2.45, 2.75) is 52.1 Å². The van der Waals surface area contributed by atoms with Gasteiger partial charge < -0.3 is 10.0 Å². The lowest BCUT2D eigenvalue weighted by atomic mass is 10.2. The first-order valence-electron chi connectivity index (χ1n) is 6.09. The Morgan fingerprint density at radius 2 is 2.20 bits per heavy atom. The van der Waals surface area contributed by atoms with Crippen LogP contribution in [0.5, 0.6) is 0 Å². The molecule has 0 aliphatic heterocycles. The number of hydrogen-bond donors (Lipinski definition) is 1. The minimum Gasteiger partial charge on any atom is -0.393 e. The highest BCUT2D eigenvalue weighted by atomic mass is 16.3. The van der Waals surface area contributed by atoms with E-state index < -0.39 is 0 Å². The number of hydrogen-bond acceptors (Lipinski definition) is 2. The standard InChI is InChI=1S/C12H23NO2/c1-3-8-13(9-11-5-6-11)12(15)7-4-10(2)14/h10-11,14H,3-9H2,1-2H3. The number of aliphatic hydroxyl groups excluding tert-OH is 1. The van der Waals surface area contributed by atoms with Crippen LogP contribution in [0.2, 0.25) is 0 Å². The highest BCUT2D eigenvalue weighted by molar-refractivity contribution is 5.76. The predicted molar refractivity (Wildman–Crippen MR) is 60.5 cm³/mol. The van der Waals surface area contributed by atoms with Crippen molar-refractivity contribution < 1.29 is 9.90 Å². The zero-order valence-corrected chi connectivity index (χ0v) is 9.91. The van der Waals surface area contributed by atoms with Crippen LogP contribution in [-0.2, 0) is 4.79 Å². The molecule has 1 fully saturated rings. The lowest BCUT2D eigenvalue weighted by molar-refractivity contribution is -0.132. The minimum atomic E-state index is -0.363. The summed E-state index contributed by atoms with van der Waals surface area (Å²) in [5, 5.41) is 9.14. The maximum Gasteiger partial charge on any atom is 0.222 e. The molecule has 0 spiro atoms. The van der Waals surface area contributed by atoms with Crippen molar-refractivity contribution >= 4 is 5.91 Å². The van der Waals surface area contributed by atoms with E-state index in [2.05, 4.69) is 6.92 Å². The maximum absolute atomic E-state index is 11.8. The van der Waals surface area contributed by atoms with Gasteiger partial charge in [-0.3, -0.25) is 4.79 Å². The molecule has 0 bridgehead atoms. The summed E-state index contributed by atoms with van der Waals surface area (Å²) in [5.41, 5.74) is 0. The van der Waals surface area contributed by atoms with Crippen LogP contribution in [0.15, 0.2) is 0 Å². The van der Waals surface area contributed by atoms with E-state index >= 15 is 0 Å². The van der Waals surface area contributed by atoms with Gasteiger partial charge in [0.25, 0.3) is 0 Å². The molecule has 1 aliphatic rings. The van der Waals surface area contributed by atoms with Crippen molar-refractivity contribution in [3.05, 3.63) is 0 Å². The van der Waals surface area contributed by atoms with Crippen molar-refractivity contribution in [3.63, 3.8) is 0 Å². The second-order valence-electron chi connectivity index (χ2n) is 4.67. The summed E-state index contributed by atoms with van der Waals surface area (Å²) in [6.07, 6.45) is 4.30. The van der Waals surface area contributed by atoms with Crippen LogP contribution < -0.4 is 0 Å². The van der Waals surface area contributed by atoms with E-state index in [0.29, 0.717) is 12.8 Å². The van der Waals surface area contributed by atoms with Crippen molar-refractivity contribution in [3.8, 4) is 0 Å². The zero-order chi connectivity index (χ0) is 11.3. The Balaban J connectivity index is 2.28. The molecule has 0 radical (unpaired) electrons. The molecule has 1 unspecified atom stereocenters. The Hall–Kier alpha value is -0.570. The van der Waals surface area contributed by atoms with Gasteiger partial charge in [0, 0.05) is 19.5 Å². The van der Waals surface area contributed by atoms with Gasteiger partial charge in [-0.25, -0.2) is 0 Å². The van der Waals surface area contributed by atoms with E-state index in [4.69, 9.17) is 5.11 Å². The summed E-state index contributed by atoms with van der Waals surface area (Å²) in [6.45, 7) is 5.64. The highest BCUT2D eigenvalue weighted by Crippen LogP contribution is 2.30. The summed E-state index contributed by atoms with van der Waals surface area (Å²) in [7, 11) is 0. The third kappa shape index (κ3) is 5.17. The lowest BCUT2D eigenvalue weighted by Gasteiger charge is -2.22. The van der Waals surface area contributed by atoms with E-state index in [-0.39, 0.29) is 12.0 Å². The monoisotopic (exact) mass is 213 g/mol. The van der Waals surface area contributed by atoms with Gasteiger partial charge >= 0.3 is 0 Å². The van der Waals surface area contributed by atoms with Gasteiger partial charge in [0.15, 0.2) is 0 Å². The number of amides is 1. The quantitative estimate of drug-likeness (QED) is 0.700. The molecule has 0 aromatic rings. The predicted octanol–water partition coefficient (Wildman–Crippen LogP) is 1.80. The molecule has 0 aromatic carbocycles. The molecular formula is C12H23NO2. The van der Waals surface area contributed by atoms with Crippen molar-refractivity contribution in [1.29, 1.82) is 0 Å². The van der Waals surface area contributed by atoms with Gasteiger partial charge in [-0.15, -0.1) is 0 Å². The van der Waals surface area contributed by atoms with Crippen molar-refractivity contribution in [2.24, 2.45) is 5.92 Å². The van der Waals surface area contributed by atoms with Crippen LogP contribution >= 0.6 is 0 Å². The van der Waals surface area contributed by atoms with Crippen LogP contribution in [-0.4, -0.2) is 35.1 Å². The molecule has 88 valence electrons. The Bertz CT molecular complexity index is 200. The third-order valence-corrected chi connectivity index (χ3v) is 2.80. The number of rotatable bonds is 7. The minimum absolute atomic E-state index is 0.213. The Morgan fingerprint density at radius 3 is 2.67 bits per heavy atom. The molecule has 0 aromatic heterocycles. The topological polar surface area (TPSA) is 40.5 Å². The number of carbonyl (C=O) groups excluding carboxylic acids is 1. The molecule has 15 heavy (non-hydrogen) atoms. The van der Waals surface area contributed by atoms with Crippen molar-refractivity contribution in [2.75, 3.05) is 13.1 Å². The first-order chi connectivity index (χ1) is 7.13. The molecule has 0 saturated heterocycles. The van der Waals surface area contributed by atoms with Gasteiger partial charge in [0.2, 0.25) is 5.91 Å². The number of nitrogens with zero attached hydrogens (tertiary/aromatic N) is 1. The number of carbonyl (C=O) groups is 1. The summed E-state index contributed by atoms with van der Waals surface area (Å²) in [5.74, 6) is 0.969. The second-order valence-corrected chi connectivity index (χ2v) is 4.67. The number of aliphatic hydroxyl groups is 1. The van der Waals surface area contributed by atoms with Crippen LogP contribution in [0.4, 0.5) is 0 Å². The molecular weight excluding hydrogens is 190 g/mol. The molecule has 1 saturated carbocycles. The van der Waals surface area contributed by atoms with Gasteiger partial charge in [-0.2, -0.15) is 0 Å². The average Bonchev–Trinajstić information content (AvgIpc) is 2.97. The highest BCUT2D eigenvalue weighted by Gasteiger charge is 2.26. The van der Waals surface area contributed by atoms with Crippen LogP contribution in [0.1, 0.15) is 46.0 Å². The van der Waals surface area contributed by atoms with Crippen LogP contribution in [0.25, 0.3) is 0 Å². The molecule has 3 nitrogen and oxygen atoms in total. The molecule has 3 heteroatoms. The van der Waals surface area contributed by atoms with E-state index in [1.807, 2.05) is 4.90 Å². The fourth-order valence-electron chi connectivity index (χ4n) is 1.69. The molecule has 0 heterocycles. The molecule has 1 N–H and O–H groups in total. The lowest BCUT2D eigenvalue weighted by Crippen LogP contribution is -2.33. The Kier molecular flexibility index (Phi) is 5.09. The summed E-state index contributed by atoms with van der Waals surface area (Å²) in [4.78, 5) is 13.8. The normalized spacial score (nSPS) is 17.5. The molecule has 1 rings (SSSR count). The smallest absolute Gasteiger partial charge is 0.222 e. The summed E-state index contributed by atoms with van der Waals surface area (Å²) >= 11 is 0. The van der Waals surface area contributed by atoms with E-state index in [9.17, 15) is 4.79 Å². The average molecular weight is 213 g/mol. The SMILES string of the molecule is CCCN(CC1CC1)C(=O)CCC(C)O. The molecule has 1 atom stereocenters. The maximum atomic E-state index is 11.8. The zero-order valence-electron chi connectivity index (χ0n) is 9.91. The fourth-order valence-corrected chi connectivity index (χ4v) is 1.69. The van der Waals surface area contributed by atoms with E-state index in [1.165, 1.54) is 12.8 Å². The first-order valence-corrected chi connectivity index (χ1v) is 6.09. The third-order valence-electron chi connectivity index (χ3n) is 2.80. The van der Waals surface area contributed by atoms with Gasteiger partial charge in [0.1, 0.15) is 0 Å². The second kappa shape index (κ2) is 6.11. The fraction of sp³-hybridized carbons (Fsp3) is 0.917. The first kappa shape index (κ1) is 12.5. The van der Waals surface area contributed by atoms with Gasteiger partial charge in [0.05, 0.1) is 6.10 Å². The summed E-state index contributed by atoms with van der Waals surface area (Å²) in [6, 6.07) is 0. The van der Waals surface area contributed by atoms with Gasteiger partial charge in [-0.1, -0.05) is 6.92 Å². The Labute approximate surface area is 92.5 Å². The van der Waals surface area contributed by atoms with Gasteiger partial charge in [-0.05, 0) is 38.5 Å². The van der Waals surface area contributed by atoms with E-state index in [0.717, 1.165) is 25.4 Å². The largest absolute Gasteiger partial charge is 0.393 e. The van der Waals surface area contributed by atoms with Crippen molar-refractivity contribution in [1.82, 2.24) is 4.90 Å².